The van der Waals surface area contributed by atoms with Crippen molar-refractivity contribution in [3.8, 4) is 11.3 Å². The Kier molecular flexibility index (Phi) is 3.96. The third-order valence-corrected chi connectivity index (χ3v) is 4.20. The molecule has 23 heavy (non-hydrogen) atoms. The molecule has 0 spiro atoms. The number of hydrogen-bond donors (Lipinski definition) is 0. The van der Waals surface area contributed by atoms with Crippen LogP contribution in [0, 0.1) is 5.82 Å². The van der Waals surface area contributed by atoms with E-state index in [-0.39, 0.29) is 24.2 Å². The van der Waals surface area contributed by atoms with Gasteiger partial charge in [0.05, 0.1) is 4.88 Å². The maximum atomic E-state index is 13.1. The van der Waals surface area contributed by atoms with Gasteiger partial charge in [0.2, 0.25) is 0 Å². The van der Waals surface area contributed by atoms with Gasteiger partial charge in [-0.05, 0) is 24.3 Å². The molecule has 0 atom stereocenters. The summed E-state index contributed by atoms with van der Waals surface area (Å²) < 4.78 is 19.7. The highest BCUT2D eigenvalue weighted by Gasteiger charge is 2.20. The number of aromatic nitrogens is 2. The minimum atomic E-state index is -0.366. The summed E-state index contributed by atoms with van der Waals surface area (Å²) in [4.78, 5) is 28.8. The third kappa shape index (κ3) is 3.00. The highest BCUT2D eigenvalue weighted by molar-refractivity contribution is 7.17. The number of esters is 1. The van der Waals surface area contributed by atoms with Gasteiger partial charge in [-0.25, -0.2) is 9.37 Å². The molecule has 0 aliphatic rings. The number of ketones is 1. The van der Waals surface area contributed by atoms with Gasteiger partial charge < -0.3 is 4.74 Å². The monoisotopic (exact) mass is 332 g/mol. The molecule has 5 nitrogen and oxygen atoms in total. The molecule has 3 aromatic rings. The SMILES string of the molecule is CC(=O)OCc1cn2c(C(C)=O)c(-c3ccc(F)cc3)nc2s1. The van der Waals surface area contributed by atoms with Gasteiger partial charge in [0.1, 0.15) is 23.8 Å². The van der Waals surface area contributed by atoms with Gasteiger partial charge in [-0.15, -0.1) is 0 Å². The van der Waals surface area contributed by atoms with E-state index in [2.05, 4.69) is 4.98 Å². The zero-order valence-electron chi connectivity index (χ0n) is 12.5. The van der Waals surface area contributed by atoms with E-state index in [0.717, 1.165) is 4.88 Å². The van der Waals surface area contributed by atoms with E-state index in [9.17, 15) is 14.0 Å². The first-order chi connectivity index (χ1) is 11.0. The second kappa shape index (κ2) is 5.92. The molecule has 0 aliphatic heterocycles. The molecule has 3 rings (SSSR count). The molecular weight excluding hydrogens is 319 g/mol. The number of imidazole rings is 1. The minimum Gasteiger partial charge on any atom is -0.460 e. The number of thiazole rings is 1. The van der Waals surface area contributed by atoms with Crippen molar-refractivity contribution in [2.24, 2.45) is 0 Å². The van der Waals surface area contributed by atoms with Gasteiger partial charge in [0.15, 0.2) is 10.7 Å². The van der Waals surface area contributed by atoms with Gasteiger partial charge in [0, 0.05) is 25.6 Å². The van der Waals surface area contributed by atoms with Crippen LogP contribution in [0.25, 0.3) is 16.2 Å². The lowest BCUT2D eigenvalue weighted by Gasteiger charge is -2.01. The number of ether oxygens (including phenoxy) is 1. The van der Waals surface area contributed by atoms with Crippen LogP contribution < -0.4 is 0 Å². The van der Waals surface area contributed by atoms with Crippen molar-refractivity contribution in [1.82, 2.24) is 9.38 Å². The number of benzene rings is 1. The summed E-state index contributed by atoms with van der Waals surface area (Å²) >= 11 is 1.34. The normalized spacial score (nSPS) is 10.9. The van der Waals surface area contributed by atoms with Gasteiger partial charge in [-0.2, -0.15) is 0 Å². The molecule has 1 aromatic carbocycles. The van der Waals surface area contributed by atoms with E-state index in [1.54, 1.807) is 22.7 Å². The number of carbonyl (C=O) groups excluding carboxylic acids is 2. The van der Waals surface area contributed by atoms with Crippen LogP contribution in [0.15, 0.2) is 30.5 Å². The standard InChI is InChI=1S/C16H13FN2O3S/c1-9(20)15-14(11-3-5-12(17)6-4-11)18-16-19(15)7-13(23-16)8-22-10(2)21/h3-7H,8H2,1-2H3. The molecule has 0 saturated heterocycles. The Bertz CT molecular complexity index is 896. The van der Waals surface area contributed by atoms with E-state index in [1.807, 2.05) is 0 Å². The van der Waals surface area contributed by atoms with Gasteiger partial charge in [0.25, 0.3) is 0 Å². The molecule has 2 heterocycles. The molecule has 0 unspecified atom stereocenters. The van der Waals surface area contributed by atoms with Crippen LogP contribution in [0.1, 0.15) is 29.2 Å². The average molecular weight is 332 g/mol. The third-order valence-electron chi connectivity index (χ3n) is 3.24. The molecule has 7 heteroatoms. The molecule has 0 amide bonds. The van der Waals surface area contributed by atoms with Crippen LogP contribution >= 0.6 is 11.3 Å². The molecule has 2 aromatic heterocycles. The Morgan fingerprint density at radius 3 is 2.57 bits per heavy atom. The molecule has 0 saturated carbocycles. The Balaban J connectivity index is 2.07. The van der Waals surface area contributed by atoms with Gasteiger partial charge in [-0.3, -0.25) is 14.0 Å². The number of Topliss-reactive ketones (excluding diaryl/α,β-unsaturated/α-hetero) is 1. The number of nitrogens with zero attached hydrogens (tertiary/aromatic N) is 2. The fraction of sp³-hybridized carbons (Fsp3) is 0.188. The summed E-state index contributed by atoms with van der Waals surface area (Å²) in [6, 6.07) is 5.85. The number of carbonyl (C=O) groups is 2. The molecule has 0 bridgehead atoms. The number of halogens is 1. The van der Waals surface area contributed by atoms with E-state index in [4.69, 9.17) is 4.74 Å². The lowest BCUT2D eigenvalue weighted by atomic mass is 10.1. The molecule has 118 valence electrons. The van der Waals surface area contributed by atoms with E-state index in [0.29, 0.717) is 21.9 Å². The largest absolute Gasteiger partial charge is 0.460 e. The van der Waals surface area contributed by atoms with Crippen molar-refractivity contribution in [2.45, 2.75) is 20.5 Å². The van der Waals surface area contributed by atoms with E-state index < -0.39 is 0 Å². The summed E-state index contributed by atoms with van der Waals surface area (Å²) in [6.45, 7) is 2.94. The lowest BCUT2D eigenvalue weighted by molar-refractivity contribution is -0.142. The Morgan fingerprint density at radius 2 is 1.96 bits per heavy atom. The first kappa shape index (κ1) is 15.4. The molecular formula is C16H13FN2O3S. The summed E-state index contributed by atoms with van der Waals surface area (Å²) in [6.07, 6.45) is 1.74. The Hall–Kier alpha value is -2.54. The van der Waals surface area contributed by atoms with Crippen molar-refractivity contribution in [1.29, 1.82) is 0 Å². The topological polar surface area (TPSA) is 60.7 Å². The lowest BCUT2D eigenvalue weighted by Crippen LogP contribution is -2.00. The second-order valence-electron chi connectivity index (χ2n) is 5.00. The molecule has 0 radical (unpaired) electrons. The highest BCUT2D eigenvalue weighted by atomic mass is 32.1. The summed E-state index contributed by atoms with van der Waals surface area (Å²) in [5.41, 5.74) is 1.62. The Morgan fingerprint density at radius 1 is 1.26 bits per heavy atom. The quantitative estimate of drug-likeness (QED) is 0.542. The maximum Gasteiger partial charge on any atom is 0.302 e. The first-order valence-corrected chi connectivity index (χ1v) is 7.68. The van der Waals surface area contributed by atoms with Gasteiger partial charge >= 0.3 is 5.97 Å². The highest BCUT2D eigenvalue weighted by Crippen LogP contribution is 2.29. The smallest absolute Gasteiger partial charge is 0.302 e. The number of fused-ring (bicyclic) bond motifs is 1. The Labute approximate surface area is 135 Å². The average Bonchev–Trinajstić information content (AvgIpc) is 3.02. The fourth-order valence-electron chi connectivity index (χ4n) is 2.28. The van der Waals surface area contributed by atoms with E-state index in [1.165, 1.54) is 37.3 Å². The van der Waals surface area contributed by atoms with Crippen LogP contribution in [-0.2, 0) is 16.1 Å². The summed E-state index contributed by atoms with van der Waals surface area (Å²) in [5, 5.41) is 0. The van der Waals surface area contributed by atoms with Crippen molar-refractivity contribution in [3.05, 3.63) is 46.9 Å². The predicted octanol–water partition coefficient (Wildman–Crippen LogP) is 3.47. The zero-order valence-corrected chi connectivity index (χ0v) is 13.3. The minimum absolute atomic E-state index is 0.145. The summed E-state index contributed by atoms with van der Waals surface area (Å²) in [5.74, 6) is -0.855. The zero-order chi connectivity index (χ0) is 16.6. The molecule has 0 aliphatic carbocycles. The van der Waals surface area contributed by atoms with Crippen molar-refractivity contribution < 1.29 is 18.7 Å². The van der Waals surface area contributed by atoms with Gasteiger partial charge in [-0.1, -0.05) is 11.3 Å². The second-order valence-corrected chi connectivity index (χ2v) is 6.10. The molecule has 0 N–H and O–H groups in total. The van der Waals surface area contributed by atoms with Crippen LogP contribution in [0.4, 0.5) is 4.39 Å². The van der Waals surface area contributed by atoms with Crippen molar-refractivity contribution >= 4 is 28.1 Å². The fourth-order valence-corrected chi connectivity index (χ4v) is 3.17. The molecule has 0 fully saturated rings. The van der Waals surface area contributed by atoms with Crippen molar-refractivity contribution in [3.63, 3.8) is 0 Å². The maximum absolute atomic E-state index is 13.1. The predicted molar refractivity (Wildman–Crippen MR) is 83.9 cm³/mol. The van der Waals surface area contributed by atoms with E-state index >= 15 is 0 Å². The van der Waals surface area contributed by atoms with Crippen LogP contribution in [-0.4, -0.2) is 21.1 Å². The van der Waals surface area contributed by atoms with Crippen LogP contribution in [0.3, 0.4) is 0 Å². The summed E-state index contributed by atoms with van der Waals surface area (Å²) in [7, 11) is 0. The number of rotatable bonds is 4. The van der Waals surface area contributed by atoms with Crippen LogP contribution in [0.5, 0.6) is 0 Å². The van der Waals surface area contributed by atoms with Crippen LogP contribution in [0.2, 0.25) is 0 Å². The first-order valence-electron chi connectivity index (χ1n) is 6.86. The van der Waals surface area contributed by atoms with Crippen molar-refractivity contribution in [2.75, 3.05) is 0 Å². The number of hydrogen-bond acceptors (Lipinski definition) is 5.